The van der Waals surface area contributed by atoms with Gasteiger partial charge in [-0.2, -0.15) is 4.57 Å². The number of fused-ring (bicyclic) bond motifs is 1. The van der Waals surface area contributed by atoms with Crippen LogP contribution in [0.3, 0.4) is 0 Å². The Balaban J connectivity index is 0.00000289. The molecule has 1 unspecified atom stereocenters. The van der Waals surface area contributed by atoms with Gasteiger partial charge in [-0.25, -0.2) is 0 Å². The normalized spacial score (nSPS) is 14.7. The van der Waals surface area contributed by atoms with Gasteiger partial charge in [-0.3, -0.25) is 0 Å². The highest BCUT2D eigenvalue weighted by atomic mass is 79.9. The number of halogens is 2. The van der Waals surface area contributed by atoms with Gasteiger partial charge in [-0.15, -0.1) is 11.8 Å². The molecule has 1 aliphatic rings. The number of hydrogen-bond acceptors (Lipinski definition) is 2. The summed E-state index contributed by atoms with van der Waals surface area (Å²) in [5.74, 6) is 0.207. The fourth-order valence-electron chi connectivity index (χ4n) is 5.09. The molecule has 1 atom stereocenters. The van der Waals surface area contributed by atoms with Crippen molar-refractivity contribution in [3.8, 4) is 28.1 Å². The van der Waals surface area contributed by atoms with E-state index in [-0.39, 0.29) is 22.9 Å². The van der Waals surface area contributed by atoms with Crippen LogP contribution in [0.5, 0.6) is 0 Å². The number of aryl methyl sites for hydroxylation is 1. The number of nitrogens with zero attached hydrogens (tertiary/aromatic N) is 1. The second-order valence-corrected chi connectivity index (χ2v) is 10.8. The summed E-state index contributed by atoms with van der Waals surface area (Å²) in [4.78, 5) is 0. The molecule has 0 radical (unpaired) electrons. The van der Waals surface area contributed by atoms with Gasteiger partial charge in [-0.1, -0.05) is 78.4 Å². The second-order valence-electron chi connectivity index (χ2n) is 8.77. The summed E-state index contributed by atoms with van der Waals surface area (Å²) < 4.78 is 3.50. The molecule has 1 nitrogen and oxygen atoms in total. The van der Waals surface area contributed by atoms with E-state index in [0.29, 0.717) is 0 Å². The minimum absolute atomic E-state index is 0. The van der Waals surface area contributed by atoms with E-state index in [1.54, 1.807) is 11.8 Å². The first-order valence-corrected chi connectivity index (χ1v) is 13.7. The quantitative estimate of drug-likeness (QED) is 0.236. The van der Waals surface area contributed by atoms with Crippen LogP contribution >= 0.6 is 35.6 Å². The van der Waals surface area contributed by atoms with E-state index in [0.717, 1.165) is 34.2 Å². The topological polar surface area (TPSA) is 3.88 Å². The maximum Gasteiger partial charge on any atom is 0.219 e. The Bertz CT molecular complexity index is 1360. The van der Waals surface area contributed by atoms with Gasteiger partial charge in [-0.05, 0) is 61.8 Å². The first kappa shape index (κ1) is 26.1. The Morgan fingerprint density at radius 1 is 0.943 bits per heavy atom. The standard InChI is InChI=1S/C30H27ClNS2.BrH/c1-20-16-17-23(31)18-27(20)32-28(22-12-7-4-8-13-22)19-26(21-10-5-3-6-11-21)24-14-9-15-25(29(24)32)30(33)34-2;/h3-8,10-13,16-19,25H,9,14-15H2,1-2H3;1H/q+1;/p-1. The molecule has 178 valence electrons. The van der Waals surface area contributed by atoms with Crippen LogP contribution in [0.1, 0.15) is 35.6 Å². The van der Waals surface area contributed by atoms with Crippen molar-refractivity contribution in [2.45, 2.75) is 32.1 Å². The van der Waals surface area contributed by atoms with E-state index in [1.807, 2.05) is 6.07 Å². The van der Waals surface area contributed by atoms with Gasteiger partial charge >= 0.3 is 0 Å². The van der Waals surface area contributed by atoms with Crippen molar-refractivity contribution in [1.29, 1.82) is 0 Å². The summed E-state index contributed by atoms with van der Waals surface area (Å²) in [6, 6.07) is 30.0. The number of rotatable bonds is 4. The van der Waals surface area contributed by atoms with Crippen LogP contribution in [0, 0.1) is 6.92 Å². The van der Waals surface area contributed by atoms with Crippen molar-refractivity contribution in [3.05, 3.63) is 107 Å². The lowest BCUT2D eigenvalue weighted by Gasteiger charge is -2.27. The maximum absolute atomic E-state index is 6.56. The highest BCUT2D eigenvalue weighted by Crippen LogP contribution is 2.41. The van der Waals surface area contributed by atoms with Crippen LogP contribution < -0.4 is 21.5 Å². The van der Waals surface area contributed by atoms with Gasteiger partial charge in [0, 0.05) is 33.8 Å². The third-order valence-corrected chi connectivity index (χ3v) is 8.41. The molecule has 1 heterocycles. The lowest BCUT2D eigenvalue weighted by molar-refractivity contribution is -0.594. The Kier molecular flexibility index (Phi) is 8.49. The van der Waals surface area contributed by atoms with Crippen molar-refractivity contribution in [3.63, 3.8) is 0 Å². The SMILES string of the molecule is CSC(=S)C1CCCc2c(-c3ccccc3)cc(-c3ccccc3)[n+](-c3cc(Cl)ccc3C)c21.[Br-]. The predicted octanol–water partition coefficient (Wildman–Crippen LogP) is 5.37. The first-order chi connectivity index (χ1) is 16.6. The zero-order valence-corrected chi connectivity index (χ0v) is 23.8. The van der Waals surface area contributed by atoms with Gasteiger partial charge in [0.15, 0.2) is 0 Å². The van der Waals surface area contributed by atoms with Crippen molar-refractivity contribution in [2.75, 3.05) is 6.26 Å². The molecule has 5 heteroatoms. The fourth-order valence-corrected chi connectivity index (χ4v) is 6.00. The third kappa shape index (κ3) is 5.13. The molecule has 0 N–H and O–H groups in total. The Hall–Kier alpha value is -1.98. The summed E-state index contributed by atoms with van der Waals surface area (Å²) in [5.41, 5.74) is 9.94. The van der Waals surface area contributed by atoms with Gasteiger partial charge in [0.25, 0.3) is 0 Å². The fraction of sp³-hybridized carbons (Fsp3) is 0.200. The number of thioether (sulfide) groups is 1. The largest absolute Gasteiger partial charge is 1.00 e. The van der Waals surface area contributed by atoms with Crippen molar-refractivity contribution >= 4 is 39.8 Å². The van der Waals surface area contributed by atoms with Gasteiger partial charge in [0.1, 0.15) is 0 Å². The monoisotopic (exact) mass is 579 g/mol. The Labute approximate surface area is 233 Å². The third-order valence-electron chi connectivity index (χ3n) is 6.70. The predicted molar refractivity (Wildman–Crippen MR) is 150 cm³/mol. The lowest BCUT2D eigenvalue weighted by atomic mass is 9.82. The molecule has 0 saturated heterocycles. The smallest absolute Gasteiger partial charge is 0.219 e. The van der Waals surface area contributed by atoms with Crippen LogP contribution in [0.4, 0.5) is 0 Å². The molecule has 0 bridgehead atoms. The first-order valence-electron chi connectivity index (χ1n) is 11.7. The zero-order chi connectivity index (χ0) is 23.7. The second kappa shape index (κ2) is 11.4. The highest BCUT2D eigenvalue weighted by molar-refractivity contribution is 8.22. The van der Waals surface area contributed by atoms with Crippen LogP contribution in [-0.4, -0.2) is 10.5 Å². The van der Waals surface area contributed by atoms with Crippen LogP contribution in [-0.2, 0) is 6.42 Å². The summed E-state index contributed by atoms with van der Waals surface area (Å²) in [6.45, 7) is 2.16. The molecule has 5 rings (SSSR count). The highest BCUT2D eigenvalue weighted by Gasteiger charge is 2.38. The molecular weight excluding hydrogens is 554 g/mol. The van der Waals surface area contributed by atoms with Crippen LogP contribution in [0.15, 0.2) is 84.9 Å². The van der Waals surface area contributed by atoms with E-state index in [9.17, 15) is 0 Å². The molecular formula is C30H27BrClNS2. The van der Waals surface area contributed by atoms with E-state index < -0.39 is 0 Å². The van der Waals surface area contributed by atoms with Crippen LogP contribution in [0.2, 0.25) is 5.02 Å². The summed E-state index contributed by atoms with van der Waals surface area (Å²) >= 11 is 14.2. The van der Waals surface area contributed by atoms with Crippen molar-refractivity contribution < 1.29 is 21.5 Å². The van der Waals surface area contributed by atoms with E-state index in [2.05, 4.69) is 96.6 Å². The number of benzene rings is 3. The van der Waals surface area contributed by atoms with Gasteiger partial charge in [0.2, 0.25) is 17.1 Å². The lowest BCUT2D eigenvalue weighted by Crippen LogP contribution is -3.00. The van der Waals surface area contributed by atoms with E-state index in [1.165, 1.54) is 39.2 Å². The number of pyridine rings is 1. The van der Waals surface area contributed by atoms with Crippen LogP contribution in [0.25, 0.3) is 28.1 Å². The van der Waals surface area contributed by atoms with E-state index >= 15 is 0 Å². The van der Waals surface area contributed by atoms with Crippen molar-refractivity contribution in [2.24, 2.45) is 0 Å². The maximum atomic E-state index is 6.56. The average molecular weight is 581 g/mol. The molecule has 0 amide bonds. The molecule has 0 spiro atoms. The molecule has 4 aromatic rings. The molecule has 1 aromatic heterocycles. The summed E-state index contributed by atoms with van der Waals surface area (Å²) in [7, 11) is 0. The van der Waals surface area contributed by atoms with Gasteiger partial charge in [0.05, 0.1) is 10.1 Å². The minimum atomic E-state index is 0. The zero-order valence-electron chi connectivity index (χ0n) is 19.8. The molecule has 35 heavy (non-hydrogen) atoms. The number of hydrogen-bond donors (Lipinski definition) is 0. The summed E-state index contributed by atoms with van der Waals surface area (Å²) in [5, 5.41) is 0.743. The Morgan fingerprint density at radius 2 is 1.60 bits per heavy atom. The molecule has 0 saturated carbocycles. The Morgan fingerprint density at radius 3 is 2.26 bits per heavy atom. The number of aromatic nitrogens is 1. The molecule has 3 aromatic carbocycles. The summed E-state index contributed by atoms with van der Waals surface area (Å²) in [6.07, 6.45) is 5.35. The van der Waals surface area contributed by atoms with Crippen molar-refractivity contribution in [1.82, 2.24) is 0 Å². The van der Waals surface area contributed by atoms with Gasteiger partial charge < -0.3 is 17.0 Å². The van der Waals surface area contributed by atoms with E-state index in [4.69, 9.17) is 23.8 Å². The molecule has 0 fully saturated rings. The molecule has 1 aliphatic carbocycles. The average Bonchev–Trinajstić information content (AvgIpc) is 2.89. The molecule has 0 aliphatic heterocycles. The number of thiocarbonyl (C=S) groups is 1. The minimum Gasteiger partial charge on any atom is -1.00 e.